The maximum Gasteiger partial charge on any atom is 0.333 e. The van der Waals surface area contributed by atoms with Crippen LogP contribution in [-0.4, -0.2) is 39.5 Å². The number of para-hydroxylation sites is 2. The van der Waals surface area contributed by atoms with Crippen LogP contribution in [0.25, 0.3) is 16.7 Å². The number of hydrogen-bond acceptors (Lipinski definition) is 3. The Labute approximate surface area is 202 Å². The van der Waals surface area contributed by atoms with Gasteiger partial charge in [0.05, 0.1) is 16.7 Å². The topological polar surface area (TPSA) is 47.2 Å². The van der Waals surface area contributed by atoms with E-state index in [0.29, 0.717) is 24.2 Å². The van der Waals surface area contributed by atoms with Crippen molar-refractivity contribution in [3.8, 4) is 5.69 Å². The fourth-order valence-electron chi connectivity index (χ4n) is 5.05. The maximum atomic E-state index is 14.6. The lowest BCUT2D eigenvalue weighted by molar-refractivity contribution is 0.0837. The van der Waals surface area contributed by atoms with E-state index in [-0.39, 0.29) is 28.9 Å². The van der Waals surface area contributed by atoms with Crippen LogP contribution in [0.3, 0.4) is 0 Å². The molecule has 35 heavy (non-hydrogen) atoms. The zero-order valence-electron chi connectivity index (χ0n) is 19.6. The number of halogens is 2. The Morgan fingerprint density at radius 1 is 0.914 bits per heavy atom. The number of carbonyl (C=O) groups excluding carboxylic acids is 1. The molecule has 0 amide bonds. The molecular formula is C28H27F2N3O2. The molecule has 1 aromatic heterocycles. The van der Waals surface area contributed by atoms with E-state index in [0.717, 1.165) is 37.0 Å². The van der Waals surface area contributed by atoms with Gasteiger partial charge in [0.25, 0.3) is 0 Å². The van der Waals surface area contributed by atoms with E-state index in [9.17, 15) is 18.4 Å². The summed E-state index contributed by atoms with van der Waals surface area (Å²) in [4.78, 5) is 28.5. The van der Waals surface area contributed by atoms with Crippen LogP contribution in [0.1, 0.15) is 28.8 Å². The van der Waals surface area contributed by atoms with E-state index >= 15 is 0 Å². The number of likely N-dealkylation sites (tertiary alicyclic amines) is 1. The molecule has 3 aromatic carbocycles. The third-order valence-corrected chi connectivity index (χ3v) is 6.97. The van der Waals surface area contributed by atoms with Gasteiger partial charge in [0, 0.05) is 24.6 Å². The highest BCUT2D eigenvalue weighted by molar-refractivity contribution is 5.97. The molecule has 5 rings (SSSR count). The van der Waals surface area contributed by atoms with Gasteiger partial charge in [-0.1, -0.05) is 24.3 Å². The van der Waals surface area contributed by atoms with Gasteiger partial charge in [0.1, 0.15) is 11.6 Å². The van der Waals surface area contributed by atoms with E-state index < -0.39 is 5.82 Å². The zero-order chi connectivity index (χ0) is 24.5. The van der Waals surface area contributed by atoms with Crippen molar-refractivity contribution in [3.05, 3.63) is 100.0 Å². The van der Waals surface area contributed by atoms with Gasteiger partial charge in [-0.2, -0.15) is 0 Å². The quantitative estimate of drug-likeness (QED) is 0.370. The van der Waals surface area contributed by atoms with Gasteiger partial charge in [-0.3, -0.25) is 13.9 Å². The number of aromatic nitrogens is 2. The van der Waals surface area contributed by atoms with E-state index in [1.807, 2.05) is 25.1 Å². The zero-order valence-corrected chi connectivity index (χ0v) is 19.6. The van der Waals surface area contributed by atoms with Gasteiger partial charge in [-0.15, -0.1) is 0 Å². The van der Waals surface area contributed by atoms with Crippen LogP contribution in [0, 0.1) is 24.5 Å². The summed E-state index contributed by atoms with van der Waals surface area (Å²) in [6.07, 6.45) is 1.45. The second-order valence-electron chi connectivity index (χ2n) is 9.15. The number of fused-ring (bicyclic) bond motifs is 1. The van der Waals surface area contributed by atoms with Gasteiger partial charge >= 0.3 is 5.69 Å². The minimum atomic E-state index is -0.440. The number of hydrogen-bond donors (Lipinski definition) is 0. The summed E-state index contributed by atoms with van der Waals surface area (Å²) < 4.78 is 31.0. The van der Waals surface area contributed by atoms with Crippen molar-refractivity contribution in [2.75, 3.05) is 19.6 Å². The molecular weight excluding hydrogens is 448 g/mol. The Morgan fingerprint density at radius 3 is 2.34 bits per heavy atom. The number of imidazole rings is 1. The van der Waals surface area contributed by atoms with Gasteiger partial charge in [-0.25, -0.2) is 13.6 Å². The average molecular weight is 476 g/mol. The first-order chi connectivity index (χ1) is 16.9. The van der Waals surface area contributed by atoms with Crippen LogP contribution in [0.15, 0.2) is 71.5 Å². The highest BCUT2D eigenvalue weighted by Crippen LogP contribution is 2.24. The molecule has 5 nitrogen and oxygen atoms in total. The molecule has 180 valence electrons. The predicted octanol–water partition coefficient (Wildman–Crippen LogP) is 4.97. The number of carbonyl (C=O) groups is 1. The van der Waals surface area contributed by atoms with Crippen LogP contribution in [0.2, 0.25) is 0 Å². The van der Waals surface area contributed by atoms with Gasteiger partial charge in [0.2, 0.25) is 0 Å². The van der Waals surface area contributed by atoms with Crippen molar-refractivity contribution in [1.29, 1.82) is 0 Å². The number of rotatable bonds is 6. The lowest BCUT2D eigenvalue weighted by Gasteiger charge is -2.31. The minimum Gasteiger partial charge on any atom is -0.302 e. The first-order valence-corrected chi connectivity index (χ1v) is 11.9. The van der Waals surface area contributed by atoms with Crippen LogP contribution in [0.4, 0.5) is 8.78 Å². The number of Topliss-reactive ketones (excluding diaryl/α,β-unsaturated/α-hetero) is 1. The van der Waals surface area contributed by atoms with E-state index in [4.69, 9.17) is 0 Å². The van der Waals surface area contributed by atoms with Crippen molar-refractivity contribution in [1.82, 2.24) is 14.0 Å². The summed E-state index contributed by atoms with van der Waals surface area (Å²) in [7, 11) is 0. The van der Waals surface area contributed by atoms with E-state index in [1.165, 1.54) is 22.8 Å². The fraction of sp³-hybridized carbons (Fsp3) is 0.286. The van der Waals surface area contributed by atoms with Crippen LogP contribution in [0.5, 0.6) is 0 Å². The second-order valence-corrected chi connectivity index (χ2v) is 9.15. The van der Waals surface area contributed by atoms with Crippen molar-refractivity contribution in [3.63, 3.8) is 0 Å². The Hall–Kier alpha value is -3.58. The number of benzene rings is 3. The first kappa shape index (κ1) is 23.2. The Kier molecular flexibility index (Phi) is 6.34. The SMILES string of the molecule is Cc1cccc2c1n(-c1ccccc1F)c(=O)n2CCN1CCC(C(=O)c2ccc(F)cc2)CC1. The summed E-state index contributed by atoms with van der Waals surface area (Å²) in [5.41, 5.74) is 2.93. The fourth-order valence-corrected chi connectivity index (χ4v) is 5.05. The molecule has 0 atom stereocenters. The number of piperidine rings is 1. The van der Waals surface area contributed by atoms with Crippen molar-refractivity contribution >= 4 is 16.8 Å². The summed E-state index contributed by atoms with van der Waals surface area (Å²) in [6.45, 7) is 4.54. The standard InChI is InChI=1S/C28H27F2N3O2/c1-19-5-4-8-25-26(19)33(24-7-3-2-6-23(24)30)28(35)32(25)18-17-31-15-13-21(14-16-31)27(34)20-9-11-22(29)12-10-20/h2-12,21H,13-18H2,1H3. The van der Waals surface area contributed by atoms with Gasteiger partial charge in [-0.05, 0) is 80.9 Å². The molecule has 1 aliphatic heterocycles. The molecule has 1 fully saturated rings. The van der Waals surface area contributed by atoms with Crippen molar-refractivity contribution in [2.45, 2.75) is 26.3 Å². The highest BCUT2D eigenvalue weighted by atomic mass is 19.1. The number of aryl methyl sites for hydroxylation is 1. The minimum absolute atomic E-state index is 0.0595. The molecule has 4 aromatic rings. The average Bonchev–Trinajstić information content (AvgIpc) is 3.15. The molecule has 1 aliphatic rings. The molecule has 2 heterocycles. The lowest BCUT2D eigenvalue weighted by Crippen LogP contribution is -2.39. The van der Waals surface area contributed by atoms with Gasteiger partial charge < -0.3 is 4.90 Å². The van der Waals surface area contributed by atoms with Crippen LogP contribution < -0.4 is 5.69 Å². The smallest absolute Gasteiger partial charge is 0.302 e. The molecule has 1 saturated heterocycles. The largest absolute Gasteiger partial charge is 0.333 e. The Balaban J connectivity index is 1.33. The summed E-state index contributed by atoms with van der Waals surface area (Å²) in [5, 5.41) is 0. The molecule has 0 saturated carbocycles. The molecule has 7 heteroatoms. The van der Waals surface area contributed by atoms with Crippen molar-refractivity contribution < 1.29 is 13.6 Å². The lowest BCUT2D eigenvalue weighted by atomic mass is 9.89. The number of nitrogens with zero attached hydrogens (tertiary/aromatic N) is 3. The monoisotopic (exact) mass is 475 g/mol. The van der Waals surface area contributed by atoms with Crippen LogP contribution in [-0.2, 0) is 6.54 Å². The molecule has 0 bridgehead atoms. The van der Waals surface area contributed by atoms with E-state index in [2.05, 4.69) is 4.90 Å². The van der Waals surface area contributed by atoms with Gasteiger partial charge in [0.15, 0.2) is 5.78 Å². The molecule has 0 unspecified atom stereocenters. The Bertz CT molecular complexity index is 1430. The third kappa shape index (κ3) is 4.44. The predicted molar refractivity (Wildman–Crippen MR) is 132 cm³/mol. The maximum absolute atomic E-state index is 14.6. The summed E-state index contributed by atoms with van der Waals surface area (Å²) >= 11 is 0. The number of ketones is 1. The summed E-state index contributed by atoms with van der Waals surface area (Å²) in [6, 6.07) is 17.8. The van der Waals surface area contributed by atoms with Crippen molar-refractivity contribution in [2.24, 2.45) is 5.92 Å². The molecule has 0 spiro atoms. The molecule has 0 radical (unpaired) electrons. The summed E-state index contributed by atoms with van der Waals surface area (Å²) in [5.74, 6) is -0.808. The molecule has 0 N–H and O–H groups in total. The highest BCUT2D eigenvalue weighted by Gasteiger charge is 2.26. The second kappa shape index (κ2) is 9.58. The normalized spacial score (nSPS) is 15.1. The van der Waals surface area contributed by atoms with Crippen LogP contribution >= 0.6 is 0 Å². The first-order valence-electron chi connectivity index (χ1n) is 11.9. The Morgan fingerprint density at radius 2 is 1.63 bits per heavy atom. The third-order valence-electron chi connectivity index (χ3n) is 6.97. The molecule has 0 aliphatic carbocycles. The van der Waals surface area contributed by atoms with E-state index in [1.54, 1.807) is 34.9 Å².